The number of urea groups is 1. The molecule has 3 rings (SSSR count). The topological polar surface area (TPSA) is 87.5 Å². The average molecular weight is 328 g/mol. The second-order valence-corrected chi connectivity index (χ2v) is 5.87. The number of hydrogen-bond acceptors (Lipinski definition) is 4. The Morgan fingerprint density at radius 2 is 2.08 bits per heavy atom. The monoisotopic (exact) mass is 328 g/mol. The zero-order valence-electron chi connectivity index (χ0n) is 13.5. The first-order chi connectivity index (χ1) is 11.6. The second-order valence-electron chi connectivity index (χ2n) is 5.87. The third kappa shape index (κ3) is 3.73. The summed E-state index contributed by atoms with van der Waals surface area (Å²) in [5.41, 5.74) is 2.22. The number of amides is 3. The zero-order chi connectivity index (χ0) is 16.9. The Morgan fingerprint density at radius 1 is 1.29 bits per heavy atom. The fourth-order valence-corrected chi connectivity index (χ4v) is 2.75. The van der Waals surface area contributed by atoms with E-state index >= 15 is 0 Å². The van der Waals surface area contributed by atoms with Gasteiger partial charge in [-0.2, -0.15) is 0 Å². The Kier molecular flexibility index (Phi) is 4.79. The summed E-state index contributed by atoms with van der Waals surface area (Å²) in [5.74, 6) is -0.0286. The van der Waals surface area contributed by atoms with E-state index in [4.69, 9.17) is 4.42 Å². The van der Waals surface area contributed by atoms with Crippen LogP contribution in [0.15, 0.2) is 41.5 Å². The van der Waals surface area contributed by atoms with Crippen LogP contribution in [0.3, 0.4) is 0 Å². The summed E-state index contributed by atoms with van der Waals surface area (Å²) in [5, 5.41) is 5.79. The van der Waals surface area contributed by atoms with Gasteiger partial charge in [0.25, 0.3) is 5.91 Å². The number of aromatic nitrogens is 1. The molecule has 2 aromatic rings. The molecule has 0 aromatic carbocycles. The SMILES string of the molecule is Cc1cnccc1NC(=O)NC1CCN(C(=O)c2ccoc2)CC1. The Balaban J connectivity index is 1.48. The van der Waals surface area contributed by atoms with Crippen molar-refractivity contribution in [3.63, 3.8) is 0 Å². The summed E-state index contributed by atoms with van der Waals surface area (Å²) < 4.78 is 4.95. The number of hydrogen-bond donors (Lipinski definition) is 2. The van der Waals surface area contributed by atoms with E-state index in [0.717, 1.165) is 24.1 Å². The Morgan fingerprint density at radius 3 is 2.75 bits per heavy atom. The van der Waals surface area contributed by atoms with Crippen molar-refractivity contribution < 1.29 is 14.0 Å². The minimum absolute atomic E-state index is 0.0286. The lowest BCUT2D eigenvalue weighted by Crippen LogP contribution is -2.47. The van der Waals surface area contributed by atoms with Crippen molar-refractivity contribution in [1.29, 1.82) is 0 Å². The van der Waals surface area contributed by atoms with Gasteiger partial charge in [0, 0.05) is 37.2 Å². The van der Waals surface area contributed by atoms with Crippen LogP contribution in [0, 0.1) is 6.92 Å². The van der Waals surface area contributed by atoms with Crippen molar-refractivity contribution in [2.24, 2.45) is 0 Å². The number of anilines is 1. The number of carbonyl (C=O) groups is 2. The molecular weight excluding hydrogens is 308 g/mol. The summed E-state index contributed by atoms with van der Waals surface area (Å²) >= 11 is 0. The molecule has 0 aliphatic carbocycles. The van der Waals surface area contributed by atoms with E-state index in [0.29, 0.717) is 18.7 Å². The van der Waals surface area contributed by atoms with Gasteiger partial charge in [-0.25, -0.2) is 4.79 Å². The van der Waals surface area contributed by atoms with Gasteiger partial charge >= 0.3 is 6.03 Å². The van der Waals surface area contributed by atoms with Gasteiger partial charge in [0.2, 0.25) is 0 Å². The highest BCUT2D eigenvalue weighted by Crippen LogP contribution is 2.15. The molecule has 0 bridgehead atoms. The van der Waals surface area contributed by atoms with Crippen LogP contribution in [0.5, 0.6) is 0 Å². The molecule has 2 aromatic heterocycles. The number of nitrogens with zero attached hydrogens (tertiary/aromatic N) is 2. The highest BCUT2D eigenvalue weighted by Gasteiger charge is 2.25. The molecule has 0 saturated carbocycles. The van der Waals surface area contributed by atoms with E-state index in [1.807, 2.05) is 6.92 Å². The average Bonchev–Trinajstić information content (AvgIpc) is 3.11. The maximum atomic E-state index is 12.2. The molecule has 7 heteroatoms. The van der Waals surface area contributed by atoms with E-state index in [1.54, 1.807) is 29.4 Å². The van der Waals surface area contributed by atoms with Crippen molar-refractivity contribution in [3.8, 4) is 0 Å². The number of furan rings is 1. The molecule has 1 saturated heterocycles. The van der Waals surface area contributed by atoms with Crippen molar-refractivity contribution in [3.05, 3.63) is 48.2 Å². The highest BCUT2D eigenvalue weighted by atomic mass is 16.3. The molecule has 0 atom stereocenters. The lowest BCUT2D eigenvalue weighted by molar-refractivity contribution is 0.0708. The second kappa shape index (κ2) is 7.16. The van der Waals surface area contributed by atoms with Crippen LogP contribution in [0.2, 0.25) is 0 Å². The highest BCUT2D eigenvalue weighted by molar-refractivity contribution is 5.94. The minimum atomic E-state index is -0.232. The van der Waals surface area contributed by atoms with Crippen LogP contribution in [0.25, 0.3) is 0 Å². The van der Waals surface area contributed by atoms with Gasteiger partial charge < -0.3 is 20.0 Å². The number of rotatable bonds is 3. The quantitative estimate of drug-likeness (QED) is 0.906. The van der Waals surface area contributed by atoms with E-state index in [2.05, 4.69) is 15.6 Å². The number of nitrogens with one attached hydrogen (secondary N) is 2. The molecule has 2 N–H and O–H groups in total. The lowest BCUT2D eigenvalue weighted by atomic mass is 10.0. The Hall–Kier alpha value is -2.83. The standard InChI is InChI=1S/C17H20N4O3/c1-12-10-18-6-2-15(12)20-17(23)19-14-3-7-21(8-4-14)16(22)13-5-9-24-11-13/h2,5-6,9-11,14H,3-4,7-8H2,1H3,(H2,18,19,20,23). The van der Waals surface area contributed by atoms with Gasteiger partial charge in [0.05, 0.1) is 11.8 Å². The van der Waals surface area contributed by atoms with Crippen molar-refractivity contribution in [2.75, 3.05) is 18.4 Å². The fourth-order valence-electron chi connectivity index (χ4n) is 2.75. The van der Waals surface area contributed by atoms with Gasteiger partial charge in [-0.1, -0.05) is 0 Å². The molecular formula is C17H20N4O3. The van der Waals surface area contributed by atoms with Crippen LogP contribution < -0.4 is 10.6 Å². The van der Waals surface area contributed by atoms with E-state index in [1.165, 1.54) is 12.5 Å². The van der Waals surface area contributed by atoms with Crippen LogP contribution in [-0.2, 0) is 0 Å². The maximum Gasteiger partial charge on any atom is 0.319 e. The number of carbonyl (C=O) groups excluding carboxylic acids is 2. The molecule has 3 heterocycles. The summed E-state index contributed by atoms with van der Waals surface area (Å²) in [6.07, 6.45) is 7.75. The molecule has 0 unspecified atom stereocenters. The molecule has 24 heavy (non-hydrogen) atoms. The number of aryl methyl sites for hydroxylation is 1. The molecule has 126 valence electrons. The largest absolute Gasteiger partial charge is 0.472 e. The minimum Gasteiger partial charge on any atom is -0.472 e. The van der Waals surface area contributed by atoms with Crippen LogP contribution in [0.4, 0.5) is 10.5 Å². The molecule has 3 amide bonds. The summed E-state index contributed by atoms with van der Waals surface area (Å²) in [7, 11) is 0. The van der Waals surface area contributed by atoms with E-state index < -0.39 is 0 Å². The van der Waals surface area contributed by atoms with Gasteiger partial charge in [-0.05, 0) is 37.5 Å². The van der Waals surface area contributed by atoms with Crippen molar-refractivity contribution >= 4 is 17.6 Å². The summed E-state index contributed by atoms with van der Waals surface area (Å²) in [4.78, 5) is 30.1. The van der Waals surface area contributed by atoms with Gasteiger partial charge in [0.15, 0.2) is 0 Å². The molecule has 0 radical (unpaired) electrons. The Bertz CT molecular complexity index is 706. The number of piperidine rings is 1. The number of pyridine rings is 1. The van der Waals surface area contributed by atoms with Gasteiger partial charge in [-0.3, -0.25) is 9.78 Å². The van der Waals surface area contributed by atoms with Crippen molar-refractivity contribution in [2.45, 2.75) is 25.8 Å². The molecule has 7 nitrogen and oxygen atoms in total. The smallest absolute Gasteiger partial charge is 0.319 e. The molecule has 1 aliphatic rings. The first-order valence-electron chi connectivity index (χ1n) is 7.93. The van der Waals surface area contributed by atoms with Crippen LogP contribution >= 0.6 is 0 Å². The van der Waals surface area contributed by atoms with E-state index in [9.17, 15) is 9.59 Å². The van der Waals surface area contributed by atoms with Gasteiger partial charge in [-0.15, -0.1) is 0 Å². The zero-order valence-corrected chi connectivity index (χ0v) is 13.5. The predicted molar refractivity (Wildman–Crippen MR) is 88.8 cm³/mol. The van der Waals surface area contributed by atoms with E-state index in [-0.39, 0.29) is 18.0 Å². The molecule has 1 fully saturated rings. The van der Waals surface area contributed by atoms with Crippen molar-refractivity contribution in [1.82, 2.24) is 15.2 Å². The normalized spacial score (nSPS) is 15.1. The first kappa shape index (κ1) is 16.0. The fraction of sp³-hybridized carbons (Fsp3) is 0.353. The Labute approximate surface area is 140 Å². The summed E-state index contributed by atoms with van der Waals surface area (Å²) in [6.45, 7) is 3.12. The summed E-state index contributed by atoms with van der Waals surface area (Å²) in [6, 6.07) is 3.25. The lowest BCUT2D eigenvalue weighted by Gasteiger charge is -2.32. The number of likely N-dealkylation sites (tertiary alicyclic amines) is 1. The third-order valence-corrected chi connectivity index (χ3v) is 4.15. The van der Waals surface area contributed by atoms with Crippen LogP contribution in [-0.4, -0.2) is 41.0 Å². The predicted octanol–water partition coefficient (Wildman–Crippen LogP) is 2.41. The molecule has 0 spiro atoms. The van der Waals surface area contributed by atoms with Gasteiger partial charge in [0.1, 0.15) is 6.26 Å². The maximum absolute atomic E-state index is 12.2. The first-order valence-corrected chi connectivity index (χ1v) is 7.93. The third-order valence-electron chi connectivity index (χ3n) is 4.15. The van der Waals surface area contributed by atoms with Crippen LogP contribution in [0.1, 0.15) is 28.8 Å². The molecule has 1 aliphatic heterocycles.